The van der Waals surface area contributed by atoms with E-state index >= 15 is 0 Å². The minimum absolute atomic E-state index is 0.111. The molecule has 1 unspecified atom stereocenters. The molecule has 0 saturated heterocycles. The number of aromatic nitrogens is 3. The maximum absolute atomic E-state index is 13.2. The van der Waals surface area contributed by atoms with Gasteiger partial charge in [-0.05, 0) is 44.4 Å². The molecular weight excluding hydrogens is 356 g/mol. The van der Waals surface area contributed by atoms with E-state index in [2.05, 4.69) is 10.4 Å². The number of anilines is 1. The zero-order valence-electron chi connectivity index (χ0n) is 16.7. The highest BCUT2D eigenvalue weighted by atomic mass is 16.5. The van der Waals surface area contributed by atoms with Crippen LogP contribution in [0.1, 0.15) is 44.2 Å². The number of carbonyl (C=O) groups is 1. The number of nitrogens with zero attached hydrogens (tertiary/aromatic N) is 3. The molecule has 3 heterocycles. The van der Waals surface area contributed by atoms with Gasteiger partial charge in [0.25, 0.3) is 5.56 Å². The Morgan fingerprint density at radius 1 is 1.18 bits per heavy atom. The number of fused-ring (bicyclic) bond motifs is 2. The van der Waals surface area contributed by atoms with Gasteiger partial charge in [-0.1, -0.05) is 0 Å². The monoisotopic (exact) mass is 380 g/mol. The molecule has 0 saturated carbocycles. The number of methoxy groups -OCH3 is 1. The van der Waals surface area contributed by atoms with Crippen molar-refractivity contribution in [3.05, 3.63) is 51.9 Å². The molecule has 1 atom stereocenters. The van der Waals surface area contributed by atoms with Crippen molar-refractivity contribution in [3.63, 3.8) is 0 Å². The SMILES string of the molecule is COc1ccc2cc(C3CC(=O)Nc4c3cnn4C(C)(C)C)c(=O)n(C)c2c1. The third kappa shape index (κ3) is 2.78. The van der Waals surface area contributed by atoms with Crippen LogP contribution in [0, 0.1) is 0 Å². The molecule has 1 amide bonds. The Kier molecular flexibility index (Phi) is 4.06. The normalized spacial score (nSPS) is 16.8. The van der Waals surface area contributed by atoms with Crippen molar-refractivity contribution < 1.29 is 9.53 Å². The van der Waals surface area contributed by atoms with E-state index in [0.717, 1.165) is 16.5 Å². The van der Waals surface area contributed by atoms with E-state index in [1.807, 2.05) is 49.7 Å². The number of hydrogen-bond donors (Lipinski definition) is 1. The molecule has 0 bridgehead atoms. The number of rotatable bonds is 2. The van der Waals surface area contributed by atoms with Gasteiger partial charge in [0, 0.05) is 36.6 Å². The van der Waals surface area contributed by atoms with E-state index < -0.39 is 0 Å². The summed E-state index contributed by atoms with van der Waals surface area (Å²) in [5, 5.41) is 8.35. The number of pyridine rings is 1. The van der Waals surface area contributed by atoms with Crippen LogP contribution in [0.25, 0.3) is 10.9 Å². The molecule has 0 fully saturated rings. The predicted octanol–water partition coefficient (Wildman–Crippen LogP) is 2.97. The van der Waals surface area contributed by atoms with Crippen LogP contribution in [-0.4, -0.2) is 27.4 Å². The van der Waals surface area contributed by atoms with E-state index in [-0.39, 0.29) is 29.3 Å². The lowest BCUT2D eigenvalue weighted by atomic mass is 9.87. The first-order valence-electron chi connectivity index (χ1n) is 9.26. The fourth-order valence-corrected chi connectivity index (χ4v) is 3.85. The number of hydrogen-bond acceptors (Lipinski definition) is 4. The van der Waals surface area contributed by atoms with Crippen molar-refractivity contribution in [3.8, 4) is 5.75 Å². The number of ether oxygens (including phenoxy) is 1. The number of amides is 1. The fourth-order valence-electron chi connectivity index (χ4n) is 3.85. The van der Waals surface area contributed by atoms with Crippen LogP contribution in [0.15, 0.2) is 35.3 Å². The van der Waals surface area contributed by atoms with Crippen LogP contribution >= 0.6 is 0 Å². The summed E-state index contributed by atoms with van der Waals surface area (Å²) in [4.78, 5) is 25.6. The largest absolute Gasteiger partial charge is 0.497 e. The first-order valence-corrected chi connectivity index (χ1v) is 9.26. The van der Waals surface area contributed by atoms with Gasteiger partial charge in [0.15, 0.2) is 0 Å². The smallest absolute Gasteiger partial charge is 0.254 e. The lowest BCUT2D eigenvalue weighted by molar-refractivity contribution is -0.116. The Bertz CT molecular complexity index is 1150. The molecule has 28 heavy (non-hydrogen) atoms. The molecule has 146 valence electrons. The van der Waals surface area contributed by atoms with E-state index in [1.165, 1.54) is 0 Å². The molecule has 0 aliphatic carbocycles. The molecule has 0 radical (unpaired) electrons. The number of benzene rings is 1. The Morgan fingerprint density at radius 2 is 1.93 bits per heavy atom. The summed E-state index contributed by atoms with van der Waals surface area (Å²) >= 11 is 0. The quantitative estimate of drug-likeness (QED) is 0.741. The van der Waals surface area contributed by atoms with Gasteiger partial charge in [-0.3, -0.25) is 9.59 Å². The van der Waals surface area contributed by atoms with Gasteiger partial charge in [-0.15, -0.1) is 0 Å². The molecule has 0 spiro atoms. The van der Waals surface area contributed by atoms with Gasteiger partial charge in [0.2, 0.25) is 5.91 Å². The van der Waals surface area contributed by atoms with Gasteiger partial charge in [0.1, 0.15) is 11.6 Å². The summed E-state index contributed by atoms with van der Waals surface area (Å²) in [6.07, 6.45) is 1.99. The summed E-state index contributed by atoms with van der Waals surface area (Å²) < 4.78 is 8.71. The molecule has 7 heteroatoms. The van der Waals surface area contributed by atoms with Gasteiger partial charge in [-0.25, -0.2) is 4.68 Å². The molecular formula is C21H24N4O3. The number of carbonyl (C=O) groups excluding carboxylic acids is 1. The van der Waals surface area contributed by atoms with E-state index in [9.17, 15) is 9.59 Å². The van der Waals surface area contributed by atoms with Crippen molar-refractivity contribution in [1.29, 1.82) is 0 Å². The highest BCUT2D eigenvalue weighted by Crippen LogP contribution is 2.38. The standard InChI is InChI=1S/C21H24N4O3/c1-21(2,3)25-19-16(11-22-25)14(10-18(26)23-19)15-8-12-6-7-13(28-5)9-17(12)24(4)20(15)27/h6-9,11,14H,10H2,1-5H3,(H,23,26). The fraction of sp³-hybridized carbons (Fsp3) is 0.381. The average molecular weight is 380 g/mol. The maximum atomic E-state index is 13.2. The van der Waals surface area contributed by atoms with Gasteiger partial charge < -0.3 is 14.6 Å². The topological polar surface area (TPSA) is 78.2 Å². The molecule has 4 rings (SSSR count). The zero-order chi connectivity index (χ0) is 20.2. The minimum Gasteiger partial charge on any atom is -0.497 e. The first kappa shape index (κ1) is 18.3. The van der Waals surface area contributed by atoms with Crippen molar-refractivity contribution >= 4 is 22.6 Å². The van der Waals surface area contributed by atoms with E-state index in [1.54, 1.807) is 24.9 Å². The lowest BCUT2D eigenvalue weighted by Crippen LogP contribution is -2.32. The Labute approximate surface area is 162 Å². The minimum atomic E-state index is -0.329. The second-order valence-corrected chi connectivity index (χ2v) is 8.22. The third-order valence-electron chi connectivity index (χ3n) is 5.29. The molecule has 1 aliphatic rings. The lowest BCUT2D eigenvalue weighted by Gasteiger charge is -2.28. The van der Waals surface area contributed by atoms with Gasteiger partial charge in [-0.2, -0.15) is 5.10 Å². The molecule has 1 aliphatic heterocycles. The molecule has 1 N–H and O–H groups in total. The summed E-state index contributed by atoms with van der Waals surface area (Å²) in [5.74, 6) is 0.928. The van der Waals surface area contributed by atoms with Gasteiger partial charge >= 0.3 is 0 Å². The van der Waals surface area contributed by atoms with Crippen molar-refractivity contribution in [2.24, 2.45) is 7.05 Å². The maximum Gasteiger partial charge on any atom is 0.254 e. The number of nitrogens with one attached hydrogen (secondary N) is 1. The Morgan fingerprint density at radius 3 is 2.61 bits per heavy atom. The first-order chi connectivity index (χ1) is 13.2. The van der Waals surface area contributed by atoms with Crippen LogP contribution in [0.4, 0.5) is 5.82 Å². The molecule has 2 aromatic heterocycles. The summed E-state index contributed by atoms with van der Waals surface area (Å²) in [7, 11) is 3.35. The summed E-state index contributed by atoms with van der Waals surface area (Å²) in [6, 6.07) is 7.53. The van der Waals surface area contributed by atoms with E-state index in [0.29, 0.717) is 17.1 Å². The van der Waals surface area contributed by atoms with Crippen LogP contribution in [0.5, 0.6) is 5.75 Å². The summed E-state index contributed by atoms with van der Waals surface area (Å²) in [5.41, 5.74) is 1.87. The predicted molar refractivity (Wildman–Crippen MR) is 108 cm³/mol. The van der Waals surface area contributed by atoms with Crippen LogP contribution in [0.2, 0.25) is 0 Å². The molecule has 3 aromatic rings. The zero-order valence-corrected chi connectivity index (χ0v) is 16.7. The average Bonchev–Trinajstić information content (AvgIpc) is 3.08. The van der Waals surface area contributed by atoms with E-state index in [4.69, 9.17) is 4.74 Å². The van der Waals surface area contributed by atoms with Gasteiger partial charge in [0.05, 0.1) is 24.4 Å². The highest BCUT2D eigenvalue weighted by Gasteiger charge is 2.34. The Balaban J connectivity index is 1.92. The van der Waals surface area contributed by atoms with Crippen molar-refractivity contribution in [1.82, 2.24) is 14.3 Å². The third-order valence-corrected chi connectivity index (χ3v) is 5.29. The highest BCUT2D eigenvalue weighted by molar-refractivity contribution is 5.94. The van der Waals surface area contributed by atoms with Crippen LogP contribution in [-0.2, 0) is 17.4 Å². The number of aryl methyl sites for hydroxylation is 1. The molecule has 1 aromatic carbocycles. The summed E-state index contributed by atoms with van der Waals surface area (Å²) in [6.45, 7) is 6.08. The molecule has 7 nitrogen and oxygen atoms in total. The Hall–Kier alpha value is -3.09. The van der Waals surface area contributed by atoms with Crippen molar-refractivity contribution in [2.45, 2.75) is 38.6 Å². The second kappa shape index (κ2) is 6.22. The van der Waals surface area contributed by atoms with Crippen LogP contribution < -0.4 is 15.6 Å². The van der Waals surface area contributed by atoms with Crippen molar-refractivity contribution in [2.75, 3.05) is 12.4 Å². The van der Waals surface area contributed by atoms with Crippen LogP contribution in [0.3, 0.4) is 0 Å². The second-order valence-electron chi connectivity index (χ2n) is 8.22.